The molecule has 1 aliphatic carbocycles. The third-order valence-electron chi connectivity index (χ3n) is 3.87. The van der Waals surface area contributed by atoms with Gasteiger partial charge in [-0.05, 0) is 19.3 Å². The highest BCUT2D eigenvalue weighted by atomic mass is 79.9. The van der Waals surface area contributed by atoms with Gasteiger partial charge in [0.15, 0.2) is 0 Å². The van der Waals surface area contributed by atoms with Gasteiger partial charge in [0.05, 0.1) is 19.8 Å². The van der Waals surface area contributed by atoms with Crippen molar-refractivity contribution in [2.24, 2.45) is 5.41 Å². The van der Waals surface area contributed by atoms with Crippen molar-refractivity contribution in [3.05, 3.63) is 0 Å². The van der Waals surface area contributed by atoms with E-state index >= 15 is 0 Å². The lowest BCUT2D eigenvalue weighted by atomic mass is 9.83. The van der Waals surface area contributed by atoms with Crippen LogP contribution in [0.15, 0.2) is 0 Å². The fraction of sp³-hybridized carbons (Fsp3) is 1.00. The first-order chi connectivity index (χ1) is 9.33. The second kappa shape index (κ2) is 11.1. The number of rotatable bonds is 10. The number of hydrogen-bond donors (Lipinski definition) is 0. The Balaban J connectivity index is 2.05. The summed E-state index contributed by atoms with van der Waals surface area (Å²) in [4.78, 5) is 0. The summed E-state index contributed by atoms with van der Waals surface area (Å²) in [6, 6.07) is 0. The molecule has 19 heavy (non-hydrogen) atoms. The second-order valence-corrected chi connectivity index (χ2v) is 6.12. The molecule has 1 saturated carbocycles. The summed E-state index contributed by atoms with van der Waals surface area (Å²) in [5.74, 6) is 0. The first-order valence-electron chi connectivity index (χ1n) is 7.53. The maximum Gasteiger partial charge on any atom is 0.0700 e. The van der Waals surface area contributed by atoms with Crippen LogP contribution in [0.25, 0.3) is 0 Å². The lowest BCUT2D eigenvalue weighted by molar-refractivity contribution is 0.00383. The minimum Gasteiger partial charge on any atom is -0.385 e. The Morgan fingerprint density at radius 3 is 2.21 bits per heavy atom. The van der Waals surface area contributed by atoms with E-state index in [-0.39, 0.29) is 0 Å². The molecule has 1 fully saturated rings. The summed E-state index contributed by atoms with van der Waals surface area (Å²) in [5.41, 5.74) is 0.368. The Hall–Kier alpha value is 0.360. The highest BCUT2D eigenvalue weighted by molar-refractivity contribution is 9.09. The molecule has 0 spiro atoms. The molecule has 0 N–H and O–H groups in total. The third kappa shape index (κ3) is 7.64. The summed E-state index contributed by atoms with van der Waals surface area (Å²) in [6.07, 6.45) is 9.03. The SMILES string of the molecule is COCCCOCCOCC1(CBr)CCCCCC1. The van der Waals surface area contributed by atoms with Crippen LogP contribution in [-0.4, -0.2) is 45.5 Å². The van der Waals surface area contributed by atoms with Crippen LogP contribution in [0.3, 0.4) is 0 Å². The second-order valence-electron chi connectivity index (χ2n) is 5.56. The molecular weight excluding hydrogens is 308 g/mol. The number of alkyl halides is 1. The molecule has 0 radical (unpaired) electrons. The van der Waals surface area contributed by atoms with E-state index in [2.05, 4.69) is 15.9 Å². The molecule has 0 unspecified atom stereocenters. The zero-order chi connectivity index (χ0) is 13.8. The van der Waals surface area contributed by atoms with Gasteiger partial charge in [-0.3, -0.25) is 0 Å². The maximum atomic E-state index is 5.84. The first kappa shape index (κ1) is 17.4. The van der Waals surface area contributed by atoms with Crippen molar-refractivity contribution in [3.8, 4) is 0 Å². The monoisotopic (exact) mass is 336 g/mol. The highest BCUT2D eigenvalue weighted by Crippen LogP contribution is 2.36. The quantitative estimate of drug-likeness (QED) is 0.345. The zero-order valence-electron chi connectivity index (χ0n) is 12.3. The van der Waals surface area contributed by atoms with Crippen LogP contribution < -0.4 is 0 Å². The van der Waals surface area contributed by atoms with Gasteiger partial charge in [-0.1, -0.05) is 41.6 Å². The van der Waals surface area contributed by atoms with E-state index in [1.165, 1.54) is 38.5 Å². The van der Waals surface area contributed by atoms with Gasteiger partial charge in [0, 0.05) is 31.1 Å². The van der Waals surface area contributed by atoms with Crippen LogP contribution >= 0.6 is 15.9 Å². The highest BCUT2D eigenvalue weighted by Gasteiger charge is 2.29. The first-order valence-corrected chi connectivity index (χ1v) is 8.65. The smallest absolute Gasteiger partial charge is 0.0700 e. The number of hydrogen-bond acceptors (Lipinski definition) is 3. The lowest BCUT2D eigenvalue weighted by Gasteiger charge is -2.30. The molecule has 0 bridgehead atoms. The van der Waals surface area contributed by atoms with E-state index in [1.54, 1.807) is 7.11 Å². The molecule has 3 nitrogen and oxygen atoms in total. The molecule has 0 saturated heterocycles. The summed E-state index contributed by atoms with van der Waals surface area (Å²) in [5, 5.41) is 1.06. The van der Waals surface area contributed by atoms with Gasteiger partial charge < -0.3 is 14.2 Å². The molecule has 0 aliphatic heterocycles. The lowest BCUT2D eigenvalue weighted by Crippen LogP contribution is -2.29. The van der Waals surface area contributed by atoms with E-state index < -0.39 is 0 Å². The summed E-state index contributed by atoms with van der Waals surface area (Å²) in [7, 11) is 1.72. The molecule has 1 aliphatic rings. The van der Waals surface area contributed by atoms with Crippen LogP contribution in [0.5, 0.6) is 0 Å². The number of methoxy groups -OCH3 is 1. The molecule has 1 rings (SSSR count). The van der Waals surface area contributed by atoms with Gasteiger partial charge in [0.25, 0.3) is 0 Å². The van der Waals surface area contributed by atoms with Crippen LogP contribution in [0, 0.1) is 5.41 Å². The van der Waals surface area contributed by atoms with Crippen molar-refractivity contribution >= 4 is 15.9 Å². The van der Waals surface area contributed by atoms with Crippen molar-refractivity contribution in [3.63, 3.8) is 0 Å². The summed E-state index contributed by atoms with van der Waals surface area (Å²) >= 11 is 3.69. The predicted octanol–water partition coefficient (Wildman–Crippen LogP) is 3.79. The van der Waals surface area contributed by atoms with Crippen LogP contribution in [0.2, 0.25) is 0 Å². The minimum absolute atomic E-state index is 0.368. The standard InChI is InChI=1S/C15H29BrO3/c1-17-9-6-10-18-11-12-19-14-15(13-16)7-4-2-3-5-8-15/h2-14H2,1H3. The van der Waals surface area contributed by atoms with Crippen molar-refractivity contribution < 1.29 is 14.2 Å². The average molecular weight is 337 g/mol. The fourth-order valence-electron chi connectivity index (χ4n) is 2.61. The Morgan fingerprint density at radius 2 is 1.58 bits per heavy atom. The Bertz CT molecular complexity index is 204. The third-order valence-corrected chi connectivity index (χ3v) is 5.05. The van der Waals surface area contributed by atoms with E-state index in [0.29, 0.717) is 18.6 Å². The van der Waals surface area contributed by atoms with Crippen molar-refractivity contribution in [1.29, 1.82) is 0 Å². The van der Waals surface area contributed by atoms with Crippen molar-refractivity contribution in [1.82, 2.24) is 0 Å². The molecule has 0 aromatic carbocycles. The van der Waals surface area contributed by atoms with Gasteiger partial charge >= 0.3 is 0 Å². The fourth-order valence-corrected chi connectivity index (χ4v) is 3.33. The number of ether oxygens (including phenoxy) is 3. The molecule has 0 atom stereocenters. The van der Waals surface area contributed by atoms with Crippen LogP contribution in [0.4, 0.5) is 0 Å². The minimum atomic E-state index is 0.368. The van der Waals surface area contributed by atoms with Gasteiger partial charge in [0.1, 0.15) is 0 Å². The molecule has 0 heterocycles. The molecule has 0 amide bonds. The van der Waals surface area contributed by atoms with E-state index in [0.717, 1.165) is 31.6 Å². The Kier molecular flexibility index (Phi) is 10.1. The predicted molar refractivity (Wildman–Crippen MR) is 82.1 cm³/mol. The van der Waals surface area contributed by atoms with Crippen molar-refractivity contribution in [2.45, 2.75) is 44.9 Å². The van der Waals surface area contributed by atoms with Crippen LogP contribution in [0.1, 0.15) is 44.9 Å². The molecule has 4 heteroatoms. The largest absolute Gasteiger partial charge is 0.385 e. The summed E-state index contributed by atoms with van der Waals surface area (Å²) < 4.78 is 16.3. The molecule has 0 aromatic heterocycles. The number of halogens is 1. The van der Waals surface area contributed by atoms with Gasteiger partial charge in [-0.2, -0.15) is 0 Å². The Morgan fingerprint density at radius 1 is 0.895 bits per heavy atom. The van der Waals surface area contributed by atoms with Crippen molar-refractivity contribution in [2.75, 3.05) is 45.5 Å². The maximum absolute atomic E-state index is 5.84. The van der Waals surface area contributed by atoms with E-state index in [9.17, 15) is 0 Å². The van der Waals surface area contributed by atoms with Gasteiger partial charge in [-0.15, -0.1) is 0 Å². The molecular formula is C15H29BrO3. The van der Waals surface area contributed by atoms with E-state index in [4.69, 9.17) is 14.2 Å². The van der Waals surface area contributed by atoms with Gasteiger partial charge in [-0.25, -0.2) is 0 Å². The topological polar surface area (TPSA) is 27.7 Å². The zero-order valence-corrected chi connectivity index (χ0v) is 13.9. The Labute approximate surface area is 126 Å². The van der Waals surface area contributed by atoms with E-state index in [1.807, 2.05) is 0 Å². The average Bonchev–Trinajstić information content (AvgIpc) is 2.68. The molecule has 114 valence electrons. The normalized spacial score (nSPS) is 19.3. The summed E-state index contributed by atoms with van der Waals surface area (Å²) in [6.45, 7) is 3.82. The van der Waals surface area contributed by atoms with Crippen LogP contribution in [-0.2, 0) is 14.2 Å². The molecule has 0 aromatic rings. The van der Waals surface area contributed by atoms with Gasteiger partial charge in [0.2, 0.25) is 0 Å².